The van der Waals surface area contributed by atoms with E-state index in [-0.39, 0.29) is 18.0 Å². The van der Waals surface area contributed by atoms with Crippen LogP contribution in [0, 0.1) is 5.82 Å². The zero-order valence-corrected chi connectivity index (χ0v) is 13.5. The summed E-state index contributed by atoms with van der Waals surface area (Å²) in [4.78, 5) is 36.6. The molecule has 1 atom stereocenters. The van der Waals surface area contributed by atoms with Gasteiger partial charge in [0.05, 0.1) is 12.1 Å². The predicted octanol–water partition coefficient (Wildman–Crippen LogP) is 2.53. The van der Waals surface area contributed by atoms with E-state index in [1.165, 1.54) is 25.1 Å². The molecule has 7 heteroatoms. The third kappa shape index (κ3) is 3.50. The summed E-state index contributed by atoms with van der Waals surface area (Å²) in [5.74, 6) is -1.76. The lowest BCUT2D eigenvalue weighted by molar-refractivity contribution is -0.121. The fourth-order valence-corrected chi connectivity index (χ4v) is 2.69. The van der Waals surface area contributed by atoms with Crippen molar-refractivity contribution < 1.29 is 18.8 Å². The monoisotopic (exact) mass is 341 g/mol. The smallest absolute Gasteiger partial charge is 0.256 e. The van der Waals surface area contributed by atoms with Gasteiger partial charge in [0.2, 0.25) is 11.8 Å². The van der Waals surface area contributed by atoms with E-state index in [1.807, 2.05) is 0 Å². The first-order chi connectivity index (χ1) is 12.0. The number of benzene rings is 2. The molecule has 2 aromatic rings. The highest BCUT2D eigenvalue weighted by atomic mass is 19.1. The second-order valence-electron chi connectivity index (χ2n) is 5.68. The van der Waals surface area contributed by atoms with Crippen molar-refractivity contribution in [2.75, 3.05) is 15.5 Å². The molecule has 3 amide bonds. The highest BCUT2D eigenvalue weighted by Gasteiger charge is 2.40. The van der Waals surface area contributed by atoms with Crippen LogP contribution in [0.3, 0.4) is 0 Å². The third-order valence-electron chi connectivity index (χ3n) is 3.79. The molecule has 2 N–H and O–H groups in total. The summed E-state index contributed by atoms with van der Waals surface area (Å²) in [6.45, 7) is 1.41. The van der Waals surface area contributed by atoms with Crippen LogP contribution in [0.2, 0.25) is 0 Å². The lowest BCUT2D eigenvalue weighted by Gasteiger charge is -2.16. The average molecular weight is 341 g/mol. The molecule has 0 aromatic heterocycles. The Balaban J connectivity index is 1.74. The zero-order chi connectivity index (χ0) is 18.0. The van der Waals surface area contributed by atoms with Crippen molar-refractivity contribution in [2.45, 2.75) is 19.4 Å². The summed E-state index contributed by atoms with van der Waals surface area (Å²) in [7, 11) is 0. The standard InChI is InChI=1S/C18H16FN3O3/c1-11(23)20-12-6-8-13(9-7-12)21-15-10-17(24)22(18(15)25)16-5-3-2-4-14(16)19/h2-9,15,21H,10H2,1H3,(H,20,23)/t15-/m0/s1. The molecule has 0 radical (unpaired) electrons. The number of rotatable bonds is 4. The van der Waals surface area contributed by atoms with E-state index in [0.29, 0.717) is 11.4 Å². The summed E-state index contributed by atoms with van der Waals surface area (Å²) in [5.41, 5.74) is 1.21. The second kappa shape index (κ2) is 6.72. The van der Waals surface area contributed by atoms with Gasteiger partial charge < -0.3 is 10.6 Å². The van der Waals surface area contributed by atoms with Gasteiger partial charge in [0, 0.05) is 18.3 Å². The molecule has 3 rings (SSSR count). The van der Waals surface area contributed by atoms with Crippen LogP contribution in [0.1, 0.15) is 13.3 Å². The van der Waals surface area contributed by atoms with Gasteiger partial charge in [-0.1, -0.05) is 12.1 Å². The number of amides is 3. The van der Waals surface area contributed by atoms with E-state index in [9.17, 15) is 18.8 Å². The number of anilines is 3. The number of nitrogens with one attached hydrogen (secondary N) is 2. The zero-order valence-electron chi connectivity index (χ0n) is 13.5. The summed E-state index contributed by atoms with van der Waals surface area (Å²) in [6, 6.07) is 11.6. The molecule has 1 fully saturated rings. The van der Waals surface area contributed by atoms with Gasteiger partial charge in [-0.05, 0) is 36.4 Å². The normalized spacial score (nSPS) is 16.9. The van der Waals surface area contributed by atoms with Crippen molar-refractivity contribution in [1.29, 1.82) is 0 Å². The van der Waals surface area contributed by atoms with Crippen LogP contribution in [0.15, 0.2) is 48.5 Å². The van der Waals surface area contributed by atoms with E-state index in [2.05, 4.69) is 10.6 Å². The van der Waals surface area contributed by atoms with Crippen LogP contribution < -0.4 is 15.5 Å². The number of nitrogens with zero attached hydrogens (tertiary/aromatic N) is 1. The second-order valence-corrected chi connectivity index (χ2v) is 5.68. The summed E-state index contributed by atoms with van der Waals surface area (Å²) in [5, 5.41) is 5.61. The highest BCUT2D eigenvalue weighted by Crippen LogP contribution is 2.27. The van der Waals surface area contributed by atoms with E-state index in [1.54, 1.807) is 30.3 Å². The molecule has 0 spiro atoms. The van der Waals surface area contributed by atoms with Gasteiger partial charge in [0.1, 0.15) is 11.9 Å². The molecule has 1 saturated heterocycles. The topological polar surface area (TPSA) is 78.5 Å². The van der Waals surface area contributed by atoms with E-state index in [0.717, 1.165) is 4.90 Å². The Hall–Kier alpha value is -3.22. The van der Waals surface area contributed by atoms with Crippen molar-refractivity contribution in [3.8, 4) is 0 Å². The molecule has 2 aromatic carbocycles. The quantitative estimate of drug-likeness (QED) is 0.838. The maximum atomic E-state index is 13.9. The SMILES string of the molecule is CC(=O)Nc1ccc(N[C@H]2CC(=O)N(c3ccccc3F)C2=O)cc1. The highest BCUT2D eigenvalue weighted by molar-refractivity contribution is 6.23. The number of carbonyl (C=O) groups is 3. The fraction of sp³-hybridized carbons (Fsp3) is 0.167. The van der Waals surface area contributed by atoms with Crippen LogP contribution >= 0.6 is 0 Å². The first kappa shape index (κ1) is 16.6. The molecule has 1 aliphatic heterocycles. The number of carbonyl (C=O) groups excluding carboxylic acids is 3. The minimum Gasteiger partial charge on any atom is -0.373 e. The van der Waals surface area contributed by atoms with Crippen molar-refractivity contribution >= 4 is 34.8 Å². The van der Waals surface area contributed by atoms with Gasteiger partial charge in [-0.25, -0.2) is 9.29 Å². The van der Waals surface area contributed by atoms with Crippen molar-refractivity contribution in [3.63, 3.8) is 0 Å². The van der Waals surface area contributed by atoms with Gasteiger partial charge in [0.25, 0.3) is 5.91 Å². The average Bonchev–Trinajstić information content (AvgIpc) is 2.83. The summed E-state index contributed by atoms with van der Waals surface area (Å²) < 4.78 is 13.9. The molecule has 0 saturated carbocycles. The van der Waals surface area contributed by atoms with Crippen LogP contribution in [-0.2, 0) is 14.4 Å². The molecular weight excluding hydrogens is 325 g/mol. The molecule has 6 nitrogen and oxygen atoms in total. The van der Waals surface area contributed by atoms with Crippen LogP contribution in [0.25, 0.3) is 0 Å². The third-order valence-corrected chi connectivity index (χ3v) is 3.79. The van der Waals surface area contributed by atoms with Crippen LogP contribution in [-0.4, -0.2) is 23.8 Å². The van der Waals surface area contributed by atoms with Gasteiger partial charge in [-0.2, -0.15) is 0 Å². The Morgan fingerprint density at radius 3 is 2.36 bits per heavy atom. The van der Waals surface area contributed by atoms with Crippen LogP contribution in [0.4, 0.5) is 21.5 Å². The number of halogens is 1. The fourth-order valence-electron chi connectivity index (χ4n) is 2.69. The first-order valence-electron chi connectivity index (χ1n) is 7.71. The first-order valence-corrected chi connectivity index (χ1v) is 7.71. The minimum absolute atomic E-state index is 0.0391. The van der Waals surface area contributed by atoms with Gasteiger partial charge in [-0.15, -0.1) is 0 Å². The van der Waals surface area contributed by atoms with Gasteiger partial charge >= 0.3 is 0 Å². The Kier molecular flexibility index (Phi) is 4.47. The summed E-state index contributed by atoms with van der Waals surface area (Å²) in [6.07, 6.45) is -0.0549. The maximum absolute atomic E-state index is 13.9. The van der Waals surface area contributed by atoms with Crippen LogP contribution in [0.5, 0.6) is 0 Å². The predicted molar refractivity (Wildman–Crippen MR) is 91.7 cm³/mol. The number of imide groups is 1. The molecule has 1 heterocycles. The number of hydrogen-bond acceptors (Lipinski definition) is 4. The Morgan fingerprint density at radius 2 is 1.72 bits per heavy atom. The van der Waals surface area contributed by atoms with Crippen molar-refractivity contribution in [3.05, 3.63) is 54.3 Å². The minimum atomic E-state index is -0.765. The van der Waals surface area contributed by atoms with E-state index < -0.39 is 23.7 Å². The largest absolute Gasteiger partial charge is 0.373 e. The lowest BCUT2D eigenvalue weighted by Crippen LogP contribution is -2.35. The summed E-state index contributed by atoms with van der Waals surface area (Å²) >= 11 is 0. The number of hydrogen-bond donors (Lipinski definition) is 2. The number of para-hydroxylation sites is 1. The van der Waals surface area contributed by atoms with Crippen molar-refractivity contribution in [1.82, 2.24) is 0 Å². The van der Waals surface area contributed by atoms with Crippen molar-refractivity contribution in [2.24, 2.45) is 0 Å². The molecule has 0 bridgehead atoms. The molecule has 25 heavy (non-hydrogen) atoms. The maximum Gasteiger partial charge on any atom is 0.256 e. The molecule has 1 aliphatic rings. The van der Waals surface area contributed by atoms with Gasteiger partial charge in [0.15, 0.2) is 0 Å². The molecule has 128 valence electrons. The Bertz CT molecular complexity index is 836. The van der Waals surface area contributed by atoms with E-state index >= 15 is 0 Å². The lowest BCUT2D eigenvalue weighted by atomic mass is 10.2. The Morgan fingerprint density at radius 1 is 1.08 bits per heavy atom. The van der Waals surface area contributed by atoms with E-state index in [4.69, 9.17) is 0 Å². The molecule has 0 unspecified atom stereocenters. The molecular formula is C18H16FN3O3. The molecule has 0 aliphatic carbocycles. The Labute approximate surface area is 143 Å². The van der Waals surface area contributed by atoms with Gasteiger partial charge in [-0.3, -0.25) is 14.4 Å².